The maximum absolute atomic E-state index is 12.1. The van der Waals surface area contributed by atoms with Crippen molar-refractivity contribution in [3.05, 3.63) is 11.8 Å². The highest BCUT2D eigenvalue weighted by Crippen LogP contribution is 2.30. The Hall–Kier alpha value is -1.34. The van der Waals surface area contributed by atoms with E-state index >= 15 is 0 Å². The summed E-state index contributed by atoms with van der Waals surface area (Å²) in [7, 11) is 1.18. The largest absolute Gasteiger partial charge is 0.472 e. The van der Waals surface area contributed by atoms with E-state index in [4.69, 9.17) is 0 Å². The van der Waals surface area contributed by atoms with Crippen molar-refractivity contribution in [2.75, 3.05) is 6.61 Å². The molecule has 86 valence electrons. The zero-order valence-corrected chi connectivity index (χ0v) is 7.55. The molecule has 0 unspecified atom stereocenters. The van der Waals surface area contributed by atoms with Gasteiger partial charge in [0.2, 0.25) is 5.88 Å². The first-order chi connectivity index (χ1) is 6.80. The van der Waals surface area contributed by atoms with Gasteiger partial charge in [-0.25, -0.2) is 13.5 Å². The van der Waals surface area contributed by atoms with Crippen molar-refractivity contribution in [2.24, 2.45) is 7.05 Å². The lowest BCUT2D eigenvalue weighted by atomic mass is 10.4. The predicted octanol–water partition coefficient (Wildman–Crippen LogP) is 2.08. The molecular weight excluding hydrogens is 223 g/mol. The number of rotatable bonds is 3. The van der Waals surface area contributed by atoms with Crippen LogP contribution in [0.4, 0.5) is 22.0 Å². The molecule has 1 aromatic rings. The Labute approximate surface area is 81.4 Å². The van der Waals surface area contributed by atoms with Gasteiger partial charge >= 0.3 is 6.18 Å². The molecule has 0 spiro atoms. The molecule has 0 saturated carbocycles. The number of hydrogen-bond acceptors (Lipinski definition) is 2. The molecule has 0 N–H and O–H groups in total. The first-order valence-corrected chi connectivity index (χ1v) is 3.83. The maximum Gasteiger partial charge on any atom is 0.435 e. The molecule has 3 nitrogen and oxygen atoms in total. The van der Waals surface area contributed by atoms with E-state index in [0.717, 1.165) is 4.68 Å². The highest BCUT2D eigenvalue weighted by Gasteiger charge is 2.35. The van der Waals surface area contributed by atoms with Gasteiger partial charge in [-0.05, 0) is 0 Å². The highest BCUT2D eigenvalue weighted by atomic mass is 19.4. The summed E-state index contributed by atoms with van der Waals surface area (Å²) in [5, 5.41) is 3.08. The Bertz CT molecular complexity index is 333. The normalized spacial score (nSPS) is 12.2. The van der Waals surface area contributed by atoms with Gasteiger partial charge in [0, 0.05) is 13.1 Å². The molecule has 15 heavy (non-hydrogen) atoms. The molecular formula is C7H7F5N2O. The van der Waals surface area contributed by atoms with Crippen LogP contribution in [0.3, 0.4) is 0 Å². The number of aryl methyl sites for hydroxylation is 1. The van der Waals surface area contributed by atoms with E-state index in [1.807, 2.05) is 0 Å². The van der Waals surface area contributed by atoms with Gasteiger partial charge in [0.25, 0.3) is 6.43 Å². The molecule has 0 fully saturated rings. The third kappa shape index (κ3) is 3.07. The van der Waals surface area contributed by atoms with Crippen LogP contribution in [0.15, 0.2) is 6.07 Å². The Morgan fingerprint density at radius 3 is 2.47 bits per heavy atom. The number of halogens is 5. The van der Waals surface area contributed by atoms with Crippen LogP contribution in [0.1, 0.15) is 5.69 Å². The van der Waals surface area contributed by atoms with Crippen molar-refractivity contribution in [1.82, 2.24) is 9.78 Å². The Balaban J connectivity index is 2.78. The first kappa shape index (κ1) is 11.7. The van der Waals surface area contributed by atoms with Crippen molar-refractivity contribution in [3.8, 4) is 5.88 Å². The second-order valence-corrected chi connectivity index (χ2v) is 2.69. The van der Waals surface area contributed by atoms with Crippen LogP contribution in [0, 0.1) is 0 Å². The molecule has 0 atom stereocenters. The quantitative estimate of drug-likeness (QED) is 0.743. The molecule has 0 aliphatic carbocycles. The predicted molar refractivity (Wildman–Crippen MR) is 39.7 cm³/mol. The van der Waals surface area contributed by atoms with E-state index in [1.54, 1.807) is 0 Å². The molecule has 0 aliphatic heterocycles. The van der Waals surface area contributed by atoms with E-state index in [1.165, 1.54) is 7.05 Å². The topological polar surface area (TPSA) is 27.1 Å². The van der Waals surface area contributed by atoms with Gasteiger partial charge in [0.05, 0.1) is 0 Å². The zero-order valence-electron chi connectivity index (χ0n) is 7.55. The molecule has 0 radical (unpaired) electrons. The van der Waals surface area contributed by atoms with E-state index in [9.17, 15) is 22.0 Å². The SMILES string of the molecule is Cn1nc(C(F)(F)F)cc1OCC(F)F. The molecule has 0 bridgehead atoms. The molecule has 0 aromatic carbocycles. The summed E-state index contributed by atoms with van der Waals surface area (Å²) >= 11 is 0. The maximum atomic E-state index is 12.1. The average molecular weight is 230 g/mol. The van der Waals surface area contributed by atoms with Crippen molar-refractivity contribution < 1.29 is 26.7 Å². The van der Waals surface area contributed by atoms with Crippen LogP contribution in [0.5, 0.6) is 5.88 Å². The second-order valence-electron chi connectivity index (χ2n) is 2.69. The Morgan fingerprint density at radius 2 is 2.07 bits per heavy atom. The lowest BCUT2D eigenvalue weighted by molar-refractivity contribution is -0.141. The number of ether oxygens (including phenoxy) is 1. The fraction of sp³-hybridized carbons (Fsp3) is 0.571. The summed E-state index contributed by atoms with van der Waals surface area (Å²) in [5.41, 5.74) is -1.17. The number of alkyl halides is 5. The molecule has 0 saturated heterocycles. The summed E-state index contributed by atoms with van der Waals surface area (Å²) in [6.07, 6.45) is -7.35. The molecule has 1 heterocycles. The average Bonchev–Trinajstić information content (AvgIpc) is 2.42. The Kier molecular flexibility index (Phi) is 3.15. The third-order valence-corrected chi connectivity index (χ3v) is 1.48. The standard InChI is InChI=1S/C7H7F5N2O/c1-14-6(15-3-5(8)9)2-4(13-14)7(10,11)12/h2,5H,3H2,1H3. The monoisotopic (exact) mass is 230 g/mol. The number of nitrogens with zero attached hydrogens (tertiary/aromatic N) is 2. The molecule has 1 rings (SSSR count). The van der Waals surface area contributed by atoms with Gasteiger partial charge < -0.3 is 4.74 Å². The van der Waals surface area contributed by atoms with E-state index in [2.05, 4.69) is 9.84 Å². The molecule has 1 aromatic heterocycles. The van der Waals surface area contributed by atoms with E-state index in [0.29, 0.717) is 6.07 Å². The summed E-state index contributed by atoms with van der Waals surface area (Å²) < 4.78 is 64.9. The van der Waals surface area contributed by atoms with Crippen molar-refractivity contribution in [3.63, 3.8) is 0 Å². The molecule has 0 aliphatic rings. The minimum Gasteiger partial charge on any atom is -0.472 e. The van der Waals surface area contributed by atoms with Crippen LogP contribution in [-0.2, 0) is 13.2 Å². The smallest absolute Gasteiger partial charge is 0.435 e. The fourth-order valence-corrected chi connectivity index (χ4v) is 0.872. The fourth-order valence-electron chi connectivity index (χ4n) is 0.872. The van der Waals surface area contributed by atoms with Crippen LogP contribution in [0.2, 0.25) is 0 Å². The van der Waals surface area contributed by atoms with Crippen LogP contribution >= 0.6 is 0 Å². The highest BCUT2D eigenvalue weighted by molar-refractivity contribution is 5.18. The van der Waals surface area contributed by atoms with Crippen molar-refractivity contribution >= 4 is 0 Å². The number of hydrogen-bond donors (Lipinski definition) is 0. The summed E-state index contributed by atoms with van der Waals surface area (Å²) in [4.78, 5) is 0. The third-order valence-electron chi connectivity index (χ3n) is 1.48. The van der Waals surface area contributed by atoms with Gasteiger partial charge in [0.1, 0.15) is 0 Å². The second kappa shape index (κ2) is 4.03. The van der Waals surface area contributed by atoms with Gasteiger partial charge in [-0.3, -0.25) is 0 Å². The summed E-state index contributed by atoms with van der Waals surface area (Å²) in [6.45, 7) is -0.961. The molecule has 8 heteroatoms. The van der Waals surface area contributed by atoms with Crippen molar-refractivity contribution in [1.29, 1.82) is 0 Å². The van der Waals surface area contributed by atoms with Crippen molar-refractivity contribution in [2.45, 2.75) is 12.6 Å². The Morgan fingerprint density at radius 1 is 1.47 bits per heavy atom. The lowest BCUT2D eigenvalue weighted by Gasteiger charge is -2.03. The van der Waals surface area contributed by atoms with Crippen LogP contribution in [-0.4, -0.2) is 22.8 Å². The minimum absolute atomic E-state index is 0.345. The first-order valence-electron chi connectivity index (χ1n) is 3.83. The minimum atomic E-state index is -4.61. The van der Waals surface area contributed by atoms with Crippen LogP contribution in [0.25, 0.3) is 0 Å². The molecule has 0 amide bonds. The van der Waals surface area contributed by atoms with E-state index in [-0.39, 0.29) is 5.88 Å². The van der Waals surface area contributed by atoms with Gasteiger partial charge in [-0.2, -0.15) is 18.3 Å². The van der Waals surface area contributed by atoms with Gasteiger partial charge in [-0.15, -0.1) is 0 Å². The van der Waals surface area contributed by atoms with Crippen LogP contribution < -0.4 is 4.74 Å². The lowest BCUT2D eigenvalue weighted by Crippen LogP contribution is -2.09. The zero-order chi connectivity index (χ0) is 11.6. The summed E-state index contributed by atoms with van der Waals surface area (Å²) in [5.74, 6) is -0.345. The summed E-state index contributed by atoms with van der Waals surface area (Å²) in [6, 6.07) is 0.572. The van der Waals surface area contributed by atoms with Gasteiger partial charge in [0.15, 0.2) is 12.3 Å². The van der Waals surface area contributed by atoms with Gasteiger partial charge in [-0.1, -0.05) is 0 Å². The number of aromatic nitrogens is 2. The van der Waals surface area contributed by atoms with E-state index < -0.39 is 24.9 Å².